The van der Waals surface area contributed by atoms with E-state index in [0.29, 0.717) is 24.4 Å². The van der Waals surface area contributed by atoms with E-state index >= 15 is 0 Å². The summed E-state index contributed by atoms with van der Waals surface area (Å²) in [5.74, 6) is 0.702. The number of Topliss-reactive ketones (excluding diaryl/α,β-unsaturated/α-hetero) is 1. The molecule has 0 aromatic heterocycles. The number of unbranched alkanes of at least 4 members (excludes halogenated alkanes) is 4. The average molecular weight is 380 g/mol. The first-order valence-electron chi connectivity index (χ1n) is 9.95. The minimum Gasteiger partial charge on any atom is -0.371 e. The molecule has 1 heterocycles. The van der Waals surface area contributed by atoms with Gasteiger partial charge in [0, 0.05) is 31.6 Å². The molecule has 1 aliphatic heterocycles. The zero-order valence-electron chi connectivity index (χ0n) is 16.2. The standard InChI is InChI=1S/C21H33NO3S/c1-18(2)26(24,25)17-7-5-3-4-6-8-19-9-11-20(12-10-19)22-15-13-21(23)14-16-22/h9-12,18H,3-8,13-17H2,1-2H3. The summed E-state index contributed by atoms with van der Waals surface area (Å²) in [6.07, 6.45) is 7.59. The van der Waals surface area contributed by atoms with E-state index in [-0.39, 0.29) is 5.25 Å². The van der Waals surface area contributed by atoms with Crippen LogP contribution >= 0.6 is 0 Å². The lowest BCUT2D eigenvalue weighted by molar-refractivity contribution is -0.119. The van der Waals surface area contributed by atoms with Gasteiger partial charge in [-0.15, -0.1) is 0 Å². The first-order chi connectivity index (χ1) is 12.4. The van der Waals surface area contributed by atoms with Gasteiger partial charge in [0.25, 0.3) is 0 Å². The van der Waals surface area contributed by atoms with Crippen molar-refractivity contribution in [2.45, 2.75) is 70.5 Å². The molecule has 0 saturated carbocycles. The van der Waals surface area contributed by atoms with Crippen molar-refractivity contribution >= 4 is 21.3 Å². The Morgan fingerprint density at radius 3 is 2.12 bits per heavy atom. The molecule has 0 aliphatic carbocycles. The fraction of sp³-hybridized carbons (Fsp3) is 0.667. The highest BCUT2D eigenvalue weighted by Crippen LogP contribution is 2.20. The molecule has 146 valence electrons. The van der Waals surface area contributed by atoms with Gasteiger partial charge in [0.05, 0.1) is 11.0 Å². The Morgan fingerprint density at radius 1 is 0.923 bits per heavy atom. The summed E-state index contributed by atoms with van der Waals surface area (Å²) in [6.45, 7) is 5.19. The van der Waals surface area contributed by atoms with E-state index in [4.69, 9.17) is 0 Å². The highest BCUT2D eigenvalue weighted by molar-refractivity contribution is 7.91. The molecule has 0 unspecified atom stereocenters. The smallest absolute Gasteiger partial charge is 0.152 e. The number of aryl methyl sites for hydroxylation is 1. The van der Waals surface area contributed by atoms with Crippen molar-refractivity contribution in [3.05, 3.63) is 29.8 Å². The number of sulfone groups is 1. The highest BCUT2D eigenvalue weighted by Gasteiger charge is 2.16. The summed E-state index contributed by atoms with van der Waals surface area (Å²) in [7, 11) is -2.87. The van der Waals surface area contributed by atoms with Crippen LogP contribution in [-0.2, 0) is 21.1 Å². The minimum absolute atomic E-state index is 0.254. The molecule has 0 radical (unpaired) electrons. The summed E-state index contributed by atoms with van der Waals surface area (Å²) < 4.78 is 23.5. The number of carbonyl (C=O) groups is 1. The van der Waals surface area contributed by atoms with E-state index in [9.17, 15) is 13.2 Å². The zero-order chi connectivity index (χ0) is 19.0. The number of benzene rings is 1. The summed E-state index contributed by atoms with van der Waals surface area (Å²) in [4.78, 5) is 13.6. The van der Waals surface area contributed by atoms with Gasteiger partial charge < -0.3 is 4.90 Å². The Kier molecular flexibility index (Phi) is 8.14. The van der Waals surface area contributed by atoms with Crippen LogP contribution < -0.4 is 4.90 Å². The van der Waals surface area contributed by atoms with Crippen molar-refractivity contribution in [2.75, 3.05) is 23.7 Å². The van der Waals surface area contributed by atoms with Crippen molar-refractivity contribution in [1.82, 2.24) is 0 Å². The van der Waals surface area contributed by atoms with Crippen molar-refractivity contribution in [1.29, 1.82) is 0 Å². The fourth-order valence-electron chi connectivity index (χ4n) is 3.29. The van der Waals surface area contributed by atoms with Crippen LogP contribution in [0, 0.1) is 0 Å². The molecular weight excluding hydrogens is 346 g/mol. The Labute approximate surface area is 158 Å². The number of carbonyl (C=O) groups excluding carboxylic acids is 1. The summed E-state index contributed by atoms with van der Waals surface area (Å²) >= 11 is 0. The largest absolute Gasteiger partial charge is 0.371 e. The van der Waals surface area contributed by atoms with E-state index in [1.54, 1.807) is 13.8 Å². The molecule has 4 nitrogen and oxygen atoms in total. The molecule has 5 heteroatoms. The maximum absolute atomic E-state index is 11.7. The average Bonchev–Trinajstić information content (AvgIpc) is 2.62. The lowest BCUT2D eigenvalue weighted by Crippen LogP contribution is -2.33. The topological polar surface area (TPSA) is 54.5 Å². The number of ketones is 1. The van der Waals surface area contributed by atoms with Gasteiger partial charge in [-0.1, -0.05) is 31.4 Å². The third-order valence-corrected chi connectivity index (χ3v) is 7.53. The SMILES string of the molecule is CC(C)S(=O)(=O)CCCCCCCc1ccc(N2CCC(=O)CC2)cc1. The number of rotatable bonds is 10. The summed E-state index contributed by atoms with van der Waals surface area (Å²) in [6, 6.07) is 8.73. The predicted molar refractivity (Wildman–Crippen MR) is 109 cm³/mol. The van der Waals surface area contributed by atoms with E-state index in [1.807, 2.05) is 0 Å². The molecule has 0 bridgehead atoms. The van der Waals surface area contributed by atoms with Gasteiger partial charge in [-0.05, 0) is 50.8 Å². The molecule has 0 spiro atoms. The van der Waals surface area contributed by atoms with Crippen molar-refractivity contribution in [3.8, 4) is 0 Å². The van der Waals surface area contributed by atoms with Crippen molar-refractivity contribution in [2.24, 2.45) is 0 Å². The summed E-state index contributed by atoms with van der Waals surface area (Å²) in [5, 5.41) is -0.254. The van der Waals surface area contributed by atoms with Crippen LogP contribution in [0.5, 0.6) is 0 Å². The third-order valence-electron chi connectivity index (χ3n) is 5.24. The number of piperidine rings is 1. The van der Waals surface area contributed by atoms with Crippen LogP contribution in [0.4, 0.5) is 5.69 Å². The molecule has 26 heavy (non-hydrogen) atoms. The molecule has 1 fully saturated rings. The van der Waals surface area contributed by atoms with Gasteiger partial charge in [-0.2, -0.15) is 0 Å². The number of hydrogen-bond donors (Lipinski definition) is 0. The second kappa shape index (κ2) is 10.1. The summed E-state index contributed by atoms with van der Waals surface area (Å²) in [5.41, 5.74) is 2.57. The van der Waals surface area contributed by atoms with Gasteiger partial charge in [0.1, 0.15) is 5.78 Å². The van der Waals surface area contributed by atoms with Gasteiger partial charge in [-0.25, -0.2) is 8.42 Å². The van der Waals surface area contributed by atoms with Crippen LogP contribution in [-0.4, -0.2) is 38.3 Å². The Morgan fingerprint density at radius 2 is 1.50 bits per heavy atom. The Bertz CT molecular complexity index is 655. The Hall–Kier alpha value is -1.36. The van der Waals surface area contributed by atoms with Crippen LogP contribution in [0.25, 0.3) is 0 Å². The van der Waals surface area contributed by atoms with E-state index in [0.717, 1.165) is 51.6 Å². The maximum Gasteiger partial charge on any atom is 0.152 e. The van der Waals surface area contributed by atoms with Gasteiger partial charge in [0.2, 0.25) is 0 Å². The van der Waals surface area contributed by atoms with Crippen LogP contribution in [0.1, 0.15) is 64.4 Å². The van der Waals surface area contributed by atoms with Gasteiger partial charge in [0.15, 0.2) is 9.84 Å². The molecule has 1 aliphatic rings. The molecular formula is C21H33NO3S. The van der Waals surface area contributed by atoms with Crippen LogP contribution in [0.2, 0.25) is 0 Å². The van der Waals surface area contributed by atoms with Gasteiger partial charge >= 0.3 is 0 Å². The van der Waals surface area contributed by atoms with E-state index < -0.39 is 9.84 Å². The lowest BCUT2D eigenvalue weighted by atomic mass is 10.0. The maximum atomic E-state index is 11.7. The first kappa shape index (κ1) is 20.9. The zero-order valence-corrected chi connectivity index (χ0v) is 17.1. The first-order valence-corrected chi connectivity index (χ1v) is 11.7. The molecule has 0 N–H and O–H groups in total. The molecule has 0 amide bonds. The lowest BCUT2D eigenvalue weighted by Gasteiger charge is -2.28. The number of hydrogen-bond acceptors (Lipinski definition) is 4. The second-order valence-electron chi connectivity index (χ2n) is 7.63. The van der Waals surface area contributed by atoms with Crippen molar-refractivity contribution < 1.29 is 13.2 Å². The number of nitrogens with zero attached hydrogens (tertiary/aromatic N) is 1. The molecule has 2 rings (SSSR count). The molecule has 1 saturated heterocycles. The van der Waals surface area contributed by atoms with Crippen LogP contribution in [0.3, 0.4) is 0 Å². The normalized spacial score (nSPS) is 15.7. The quantitative estimate of drug-likeness (QED) is 0.573. The molecule has 1 aromatic rings. The third kappa shape index (κ3) is 6.75. The van der Waals surface area contributed by atoms with Crippen LogP contribution in [0.15, 0.2) is 24.3 Å². The van der Waals surface area contributed by atoms with E-state index in [2.05, 4.69) is 29.2 Å². The predicted octanol–water partition coefficient (Wildman–Crippen LogP) is 4.17. The molecule has 0 atom stereocenters. The molecule has 1 aromatic carbocycles. The van der Waals surface area contributed by atoms with Crippen molar-refractivity contribution in [3.63, 3.8) is 0 Å². The monoisotopic (exact) mass is 379 g/mol. The highest BCUT2D eigenvalue weighted by atomic mass is 32.2. The van der Waals surface area contributed by atoms with E-state index in [1.165, 1.54) is 11.3 Å². The Balaban J connectivity index is 1.61. The number of anilines is 1. The second-order valence-corrected chi connectivity index (χ2v) is 10.3. The fourth-order valence-corrected chi connectivity index (χ4v) is 4.36. The van der Waals surface area contributed by atoms with Gasteiger partial charge in [-0.3, -0.25) is 4.79 Å². The minimum atomic E-state index is -2.87.